The van der Waals surface area contributed by atoms with Gasteiger partial charge in [0.2, 0.25) is 0 Å². The average Bonchev–Trinajstić information content (AvgIpc) is 2.20. The molecule has 1 fully saturated rings. The van der Waals surface area contributed by atoms with Crippen LogP contribution in [0.25, 0.3) is 0 Å². The first-order chi connectivity index (χ1) is 6.74. The van der Waals surface area contributed by atoms with Crippen molar-refractivity contribution in [2.75, 3.05) is 12.8 Å². The number of nitrogens with one attached hydrogen (secondary N) is 1. The molecule has 2 nitrogen and oxygen atoms in total. The van der Waals surface area contributed by atoms with Crippen molar-refractivity contribution in [2.45, 2.75) is 56.4 Å². The lowest BCUT2D eigenvalue weighted by atomic mass is 9.92. The van der Waals surface area contributed by atoms with Crippen LogP contribution in [0.4, 0.5) is 0 Å². The highest BCUT2D eigenvalue weighted by Crippen LogP contribution is 2.18. The fourth-order valence-corrected chi connectivity index (χ4v) is 2.29. The van der Waals surface area contributed by atoms with E-state index in [4.69, 9.17) is 0 Å². The van der Waals surface area contributed by atoms with Crippen molar-refractivity contribution in [1.29, 1.82) is 0 Å². The molecule has 1 aliphatic rings. The van der Waals surface area contributed by atoms with Crippen LogP contribution >= 0.6 is 11.8 Å². The van der Waals surface area contributed by atoms with Gasteiger partial charge in [-0.25, -0.2) is 0 Å². The zero-order chi connectivity index (χ0) is 10.4. The molecule has 3 unspecified atom stereocenters. The van der Waals surface area contributed by atoms with E-state index in [1.807, 2.05) is 11.8 Å². The van der Waals surface area contributed by atoms with Crippen LogP contribution in [0.2, 0.25) is 0 Å². The predicted molar refractivity (Wildman–Crippen MR) is 63.9 cm³/mol. The summed E-state index contributed by atoms with van der Waals surface area (Å²) in [4.78, 5) is 0. The molecule has 0 aliphatic heterocycles. The monoisotopic (exact) mass is 217 g/mol. The van der Waals surface area contributed by atoms with Gasteiger partial charge in [0.1, 0.15) is 0 Å². The van der Waals surface area contributed by atoms with E-state index in [-0.39, 0.29) is 6.10 Å². The first kappa shape index (κ1) is 12.3. The van der Waals surface area contributed by atoms with Crippen LogP contribution in [0.3, 0.4) is 0 Å². The predicted octanol–water partition coefficient (Wildman–Crippen LogP) is 2.02. The van der Waals surface area contributed by atoms with Gasteiger partial charge in [-0.05, 0) is 32.1 Å². The van der Waals surface area contributed by atoms with Gasteiger partial charge in [-0.15, -0.1) is 0 Å². The fourth-order valence-electron chi connectivity index (χ4n) is 1.94. The first-order valence-electron chi connectivity index (χ1n) is 5.68. The number of aliphatic hydroxyl groups excluding tert-OH is 1. The van der Waals surface area contributed by atoms with Crippen molar-refractivity contribution in [1.82, 2.24) is 5.32 Å². The minimum Gasteiger partial charge on any atom is -0.392 e. The molecule has 84 valence electrons. The molecule has 0 aromatic rings. The molecular weight excluding hydrogens is 194 g/mol. The minimum atomic E-state index is -0.103. The summed E-state index contributed by atoms with van der Waals surface area (Å²) in [7, 11) is 0. The Kier molecular flexibility index (Phi) is 5.90. The minimum absolute atomic E-state index is 0.103. The summed E-state index contributed by atoms with van der Waals surface area (Å²) in [6, 6.07) is 0.359. The van der Waals surface area contributed by atoms with E-state index in [1.54, 1.807) is 0 Å². The van der Waals surface area contributed by atoms with Gasteiger partial charge in [0, 0.05) is 11.3 Å². The number of rotatable bonds is 5. The molecule has 1 rings (SSSR count). The molecule has 0 aromatic heterocycles. The fraction of sp³-hybridized carbons (Fsp3) is 1.00. The molecule has 0 saturated heterocycles. The van der Waals surface area contributed by atoms with E-state index in [0.717, 1.165) is 24.6 Å². The summed E-state index contributed by atoms with van der Waals surface area (Å²) in [5.41, 5.74) is 0. The lowest BCUT2D eigenvalue weighted by Gasteiger charge is -2.28. The van der Waals surface area contributed by atoms with Crippen molar-refractivity contribution in [3.63, 3.8) is 0 Å². The maximum Gasteiger partial charge on any atom is 0.0693 e. The zero-order valence-corrected chi connectivity index (χ0v) is 10.1. The number of hydrogen-bond acceptors (Lipinski definition) is 3. The van der Waals surface area contributed by atoms with Crippen molar-refractivity contribution >= 4 is 11.8 Å². The zero-order valence-electron chi connectivity index (χ0n) is 9.33. The van der Waals surface area contributed by atoms with Crippen LogP contribution < -0.4 is 5.32 Å². The molecule has 2 N–H and O–H groups in total. The Hall–Kier alpha value is 0.270. The van der Waals surface area contributed by atoms with Crippen LogP contribution in [0.1, 0.15) is 39.0 Å². The normalized spacial score (nSPS) is 30.2. The molecule has 0 radical (unpaired) electrons. The molecule has 3 heteroatoms. The summed E-state index contributed by atoms with van der Waals surface area (Å²) >= 11 is 1.91. The van der Waals surface area contributed by atoms with Gasteiger partial charge in [0.15, 0.2) is 0 Å². The molecule has 0 aromatic carbocycles. The lowest BCUT2D eigenvalue weighted by Crippen LogP contribution is -2.42. The molecule has 0 amide bonds. The summed E-state index contributed by atoms with van der Waals surface area (Å²) in [6.07, 6.45) is 7.84. The molecule has 0 heterocycles. The van der Waals surface area contributed by atoms with Crippen molar-refractivity contribution in [2.24, 2.45) is 0 Å². The highest BCUT2D eigenvalue weighted by molar-refractivity contribution is 7.99. The molecule has 1 aliphatic carbocycles. The smallest absolute Gasteiger partial charge is 0.0693 e. The number of aliphatic hydroxyl groups is 1. The Labute approximate surface area is 91.9 Å². The Morgan fingerprint density at radius 2 is 2.14 bits per heavy atom. The van der Waals surface area contributed by atoms with Gasteiger partial charge in [-0.1, -0.05) is 19.8 Å². The van der Waals surface area contributed by atoms with Crippen LogP contribution in [-0.2, 0) is 0 Å². The summed E-state index contributed by atoms with van der Waals surface area (Å²) in [5, 5.41) is 13.9. The third-order valence-corrected chi connectivity index (χ3v) is 4.13. The maximum atomic E-state index is 9.72. The van der Waals surface area contributed by atoms with Crippen LogP contribution in [0.5, 0.6) is 0 Å². The number of thioether (sulfide) groups is 1. The van der Waals surface area contributed by atoms with Gasteiger partial charge >= 0.3 is 0 Å². The standard InChI is InChI=1S/C11H23NOS/c1-9(14-2)7-8-12-10-5-3-4-6-11(10)13/h9-13H,3-8H2,1-2H3. The van der Waals surface area contributed by atoms with Crippen molar-refractivity contribution in [3.05, 3.63) is 0 Å². The Bertz CT molecular complexity index is 154. The van der Waals surface area contributed by atoms with E-state index in [2.05, 4.69) is 18.5 Å². The third kappa shape index (κ3) is 4.20. The van der Waals surface area contributed by atoms with E-state index >= 15 is 0 Å². The second kappa shape index (κ2) is 6.70. The van der Waals surface area contributed by atoms with Gasteiger partial charge in [-0.3, -0.25) is 0 Å². The highest BCUT2D eigenvalue weighted by atomic mass is 32.2. The summed E-state index contributed by atoms with van der Waals surface area (Å²) < 4.78 is 0. The Balaban J connectivity index is 2.10. The van der Waals surface area contributed by atoms with E-state index < -0.39 is 0 Å². The lowest BCUT2D eigenvalue weighted by molar-refractivity contribution is 0.0911. The Morgan fingerprint density at radius 1 is 1.43 bits per heavy atom. The van der Waals surface area contributed by atoms with E-state index in [0.29, 0.717) is 6.04 Å². The topological polar surface area (TPSA) is 32.3 Å². The molecular formula is C11H23NOS. The molecule has 0 bridgehead atoms. The second-order valence-corrected chi connectivity index (χ2v) is 5.52. The van der Waals surface area contributed by atoms with Gasteiger partial charge < -0.3 is 10.4 Å². The first-order valence-corrected chi connectivity index (χ1v) is 6.97. The van der Waals surface area contributed by atoms with Crippen LogP contribution in [0.15, 0.2) is 0 Å². The highest BCUT2D eigenvalue weighted by Gasteiger charge is 2.21. The number of hydrogen-bond donors (Lipinski definition) is 2. The van der Waals surface area contributed by atoms with Crippen molar-refractivity contribution < 1.29 is 5.11 Å². The van der Waals surface area contributed by atoms with Crippen molar-refractivity contribution in [3.8, 4) is 0 Å². The quantitative estimate of drug-likeness (QED) is 0.739. The Morgan fingerprint density at radius 3 is 2.79 bits per heavy atom. The van der Waals surface area contributed by atoms with Crippen LogP contribution in [0, 0.1) is 0 Å². The van der Waals surface area contributed by atoms with E-state index in [9.17, 15) is 5.11 Å². The summed E-state index contributed by atoms with van der Waals surface area (Å²) in [6.45, 7) is 3.30. The molecule has 0 spiro atoms. The maximum absolute atomic E-state index is 9.72. The largest absolute Gasteiger partial charge is 0.392 e. The average molecular weight is 217 g/mol. The molecule has 3 atom stereocenters. The SMILES string of the molecule is CSC(C)CCNC1CCCCC1O. The molecule has 1 saturated carbocycles. The molecule has 14 heavy (non-hydrogen) atoms. The van der Waals surface area contributed by atoms with Gasteiger partial charge in [0.25, 0.3) is 0 Å². The summed E-state index contributed by atoms with van der Waals surface area (Å²) in [5.74, 6) is 0. The van der Waals surface area contributed by atoms with Crippen LogP contribution in [-0.4, -0.2) is 35.3 Å². The van der Waals surface area contributed by atoms with Gasteiger partial charge in [-0.2, -0.15) is 11.8 Å². The second-order valence-electron chi connectivity index (χ2n) is 4.25. The van der Waals surface area contributed by atoms with E-state index in [1.165, 1.54) is 19.3 Å². The van der Waals surface area contributed by atoms with Gasteiger partial charge in [0.05, 0.1) is 6.10 Å². The third-order valence-electron chi connectivity index (χ3n) is 3.09.